The van der Waals surface area contributed by atoms with Crippen molar-refractivity contribution in [2.75, 3.05) is 31.7 Å². The SMILES string of the molecule is COCC(C)n1ccnc1N1CCC2CCC(C1)N2. The van der Waals surface area contributed by atoms with Crippen molar-refractivity contribution < 1.29 is 4.74 Å². The highest BCUT2D eigenvalue weighted by Crippen LogP contribution is 2.25. The number of hydrogen-bond donors (Lipinski definition) is 1. The molecule has 2 saturated heterocycles. The number of ether oxygens (including phenoxy) is 1. The first-order valence-electron chi connectivity index (χ1n) is 7.30. The van der Waals surface area contributed by atoms with Crippen LogP contribution in [0.5, 0.6) is 0 Å². The van der Waals surface area contributed by atoms with Gasteiger partial charge in [-0.25, -0.2) is 4.98 Å². The lowest BCUT2D eigenvalue weighted by Gasteiger charge is -2.27. The van der Waals surface area contributed by atoms with Gasteiger partial charge in [-0.05, 0) is 26.2 Å². The van der Waals surface area contributed by atoms with E-state index in [0.29, 0.717) is 12.1 Å². The highest BCUT2D eigenvalue weighted by Gasteiger charge is 2.30. The van der Waals surface area contributed by atoms with Gasteiger partial charge in [0, 0.05) is 44.7 Å². The van der Waals surface area contributed by atoms with E-state index < -0.39 is 0 Å². The second kappa shape index (κ2) is 5.51. The van der Waals surface area contributed by atoms with Crippen LogP contribution in [-0.4, -0.2) is 48.4 Å². The summed E-state index contributed by atoms with van der Waals surface area (Å²) in [6.45, 7) is 5.08. The van der Waals surface area contributed by atoms with Gasteiger partial charge >= 0.3 is 0 Å². The quantitative estimate of drug-likeness (QED) is 0.893. The molecule has 106 valence electrons. The van der Waals surface area contributed by atoms with E-state index >= 15 is 0 Å². The lowest BCUT2D eigenvalue weighted by Crippen LogP contribution is -2.37. The van der Waals surface area contributed by atoms with Gasteiger partial charge in [0.2, 0.25) is 5.95 Å². The Bertz CT molecular complexity index is 419. The summed E-state index contributed by atoms with van der Waals surface area (Å²) < 4.78 is 7.50. The van der Waals surface area contributed by atoms with E-state index in [1.165, 1.54) is 19.3 Å². The van der Waals surface area contributed by atoms with Crippen LogP contribution in [0.2, 0.25) is 0 Å². The van der Waals surface area contributed by atoms with Crippen molar-refractivity contribution in [3.63, 3.8) is 0 Å². The van der Waals surface area contributed by atoms with Crippen molar-refractivity contribution in [3.8, 4) is 0 Å². The normalized spacial score (nSPS) is 28.4. The summed E-state index contributed by atoms with van der Waals surface area (Å²) in [4.78, 5) is 7.01. The second-order valence-electron chi connectivity index (χ2n) is 5.81. The largest absolute Gasteiger partial charge is 0.383 e. The fraction of sp³-hybridized carbons (Fsp3) is 0.786. The van der Waals surface area contributed by atoms with Crippen molar-refractivity contribution in [1.82, 2.24) is 14.9 Å². The predicted molar refractivity (Wildman–Crippen MR) is 75.6 cm³/mol. The smallest absolute Gasteiger partial charge is 0.205 e. The molecule has 19 heavy (non-hydrogen) atoms. The maximum atomic E-state index is 5.26. The average Bonchev–Trinajstić information content (AvgIpc) is 2.97. The summed E-state index contributed by atoms with van der Waals surface area (Å²) in [6, 6.07) is 1.68. The van der Waals surface area contributed by atoms with Crippen LogP contribution >= 0.6 is 0 Å². The third kappa shape index (κ3) is 2.62. The molecule has 0 aliphatic carbocycles. The molecule has 2 aliphatic rings. The Kier molecular flexibility index (Phi) is 3.75. The molecule has 3 atom stereocenters. The third-order valence-electron chi connectivity index (χ3n) is 4.34. The maximum Gasteiger partial charge on any atom is 0.205 e. The number of hydrogen-bond acceptors (Lipinski definition) is 4. The molecule has 3 unspecified atom stereocenters. The molecule has 0 amide bonds. The minimum absolute atomic E-state index is 0.330. The van der Waals surface area contributed by atoms with Crippen molar-refractivity contribution in [3.05, 3.63) is 12.4 Å². The first-order chi connectivity index (χ1) is 9.28. The third-order valence-corrected chi connectivity index (χ3v) is 4.34. The predicted octanol–water partition coefficient (Wildman–Crippen LogP) is 1.42. The molecule has 1 N–H and O–H groups in total. The molecule has 1 aromatic rings. The van der Waals surface area contributed by atoms with E-state index in [9.17, 15) is 0 Å². The fourth-order valence-electron chi connectivity index (χ4n) is 3.34. The Hall–Kier alpha value is -1.07. The molecular weight excluding hydrogens is 240 g/mol. The Labute approximate surface area is 114 Å². The van der Waals surface area contributed by atoms with Gasteiger partial charge < -0.3 is 19.5 Å². The topological polar surface area (TPSA) is 42.3 Å². The first-order valence-corrected chi connectivity index (χ1v) is 7.30. The molecule has 5 heteroatoms. The summed E-state index contributed by atoms with van der Waals surface area (Å²) >= 11 is 0. The van der Waals surface area contributed by atoms with E-state index in [4.69, 9.17) is 4.74 Å². The highest BCUT2D eigenvalue weighted by atomic mass is 16.5. The monoisotopic (exact) mass is 264 g/mol. The standard InChI is InChI=1S/C14H24N4O/c1-11(10-19-2)18-8-6-15-14(18)17-7-5-12-3-4-13(9-17)16-12/h6,8,11-13,16H,3-5,7,9-10H2,1-2H3. The zero-order chi connectivity index (χ0) is 13.2. The molecule has 3 heterocycles. The summed E-state index contributed by atoms with van der Waals surface area (Å²) in [5, 5.41) is 3.72. The Morgan fingerprint density at radius 3 is 3.11 bits per heavy atom. The summed E-state index contributed by atoms with van der Waals surface area (Å²) in [5.41, 5.74) is 0. The first kappa shape index (κ1) is 12.9. The van der Waals surface area contributed by atoms with E-state index in [1.807, 2.05) is 6.20 Å². The van der Waals surface area contributed by atoms with E-state index in [1.54, 1.807) is 7.11 Å². The van der Waals surface area contributed by atoms with Gasteiger partial charge in [-0.15, -0.1) is 0 Å². The minimum Gasteiger partial charge on any atom is -0.383 e. The molecule has 0 radical (unpaired) electrons. The van der Waals surface area contributed by atoms with Gasteiger partial charge in [0.1, 0.15) is 0 Å². The summed E-state index contributed by atoms with van der Waals surface area (Å²) in [5.74, 6) is 1.10. The zero-order valence-corrected chi connectivity index (χ0v) is 11.9. The molecular formula is C14H24N4O. The molecule has 0 spiro atoms. The van der Waals surface area contributed by atoms with Gasteiger partial charge in [-0.2, -0.15) is 0 Å². The van der Waals surface area contributed by atoms with Crippen molar-refractivity contribution in [2.45, 2.75) is 44.3 Å². The number of anilines is 1. The van der Waals surface area contributed by atoms with Gasteiger partial charge in [0.15, 0.2) is 0 Å². The van der Waals surface area contributed by atoms with Crippen molar-refractivity contribution >= 4 is 5.95 Å². The molecule has 2 bridgehead atoms. The number of nitrogens with one attached hydrogen (secondary N) is 1. The van der Waals surface area contributed by atoms with E-state index in [0.717, 1.165) is 31.7 Å². The number of rotatable bonds is 4. The highest BCUT2D eigenvalue weighted by molar-refractivity contribution is 5.33. The van der Waals surface area contributed by atoms with Crippen LogP contribution in [0.15, 0.2) is 12.4 Å². The van der Waals surface area contributed by atoms with Crippen LogP contribution in [0.1, 0.15) is 32.2 Å². The average molecular weight is 264 g/mol. The molecule has 5 nitrogen and oxygen atoms in total. The number of nitrogens with zero attached hydrogens (tertiary/aromatic N) is 3. The lowest BCUT2D eigenvalue weighted by atomic mass is 10.1. The second-order valence-corrected chi connectivity index (χ2v) is 5.81. The van der Waals surface area contributed by atoms with E-state index in [-0.39, 0.29) is 0 Å². The van der Waals surface area contributed by atoms with Gasteiger partial charge in [0.05, 0.1) is 12.6 Å². The van der Waals surface area contributed by atoms with Gasteiger partial charge in [-0.3, -0.25) is 0 Å². The Morgan fingerprint density at radius 2 is 2.26 bits per heavy atom. The zero-order valence-electron chi connectivity index (χ0n) is 11.9. The number of aromatic nitrogens is 2. The molecule has 0 saturated carbocycles. The molecule has 1 aromatic heterocycles. The lowest BCUT2D eigenvalue weighted by molar-refractivity contribution is 0.162. The summed E-state index contributed by atoms with van der Waals surface area (Å²) in [6.07, 6.45) is 7.83. The molecule has 2 aliphatic heterocycles. The maximum absolute atomic E-state index is 5.26. The van der Waals surface area contributed by atoms with Crippen LogP contribution in [-0.2, 0) is 4.74 Å². The fourth-order valence-corrected chi connectivity index (χ4v) is 3.34. The summed E-state index contributed by atoms with van der Waals surface area (Å²) in [7, 11) is 1.75. The van der Waals surface area contributed by atoms with Gasteiger partial charge in [-0.1, -0.05) is 0 Å². The Morgan fingerprint density at radius 1 is 1.42 bits per heavy atom. The molecule has 2 fully saturated rings. The molecule has 0 aromatic carbocycles. The minimum atomic E-state index is 0.330. The van der Waals surface area contributed by atoms with Crippen molar-refractivity contribution in [2.24, 2.45) is 0 Å². The van der Waals surface area contributed by atoms with Gasteiger partial charge in [0.25, 0.3) is 0 Å². The molecule has 3 rings (SSSR count). The van der Waals surface area contributed by atoms with Crippen molar-refractivity contribution in [1.29, 1.82) is 0 Å². The van der Waals surface area contributed by atoms with Crippen LogP contribution in [0.4, 0.5) is 5.95 Å². The number of methoxy groups -OCH3 is 1. The van der Waals surface area contributed by atoms with Crippen LogP contribution in [0, 0.1) is 0 Å². The number of imidazole rings is 1. The van der Waals surface area contributed by atoms with Crippen LogP contribution in [0.25, 0.3) is 0 Å². The van der Waals surface area contributed by atoms with E-state index in [2.05, 4.69) is 32.9 Å². The number of fused-ring (bicyclic) bond motifs is 2. The Balaban J connectivity index is 1.76. The van der Waals surface area contributed by atoms with Crippen LogP contribution < -0.4 is 10.2 Å². The van der Waals surface area contributed by atoms with Crippen LogP contribution in [0.3, 0.4) is 0 Å².